The summed E-state index contributed by atoms with van der Waals surface area (Å²) in [7, 11) is 0. The van der Waals surface area contributed by atoms with Crippen LogP contribution in [0.25, 0.3) is 0 Å². The van der Waals surface area contributed by atoms with Crippen molar-refractivity contribution >= 4 is 0 Å². The van der Waals surface area contributed by atoms with E-state index in [1.807, 2.05) is 0 Å². The van der Waals surface area contributed by atoms with E-state index in [0.29, 0.717) is 5.41 Å². The SMILES string of the molecule is C=C1C2CCC3(C2)C(C)CCC3C1(C)C. The van der Waals surface area contributed by atoms with E-state index in [4.69, 9.17) is 0 Å². The molecule has 0 nitrogen and oxygen atoms in total. The van der Waals surface area contributed by atoms with Gasteiger partial charge in [-0.25, -0.2) is 0 Å². The molecule has 84 valence electrons. The third kappa shape index (κ3) is 0.990. The number of hydrogen-bond acceptors (Lipinski definition) is 0. The highest BCUT2D eigenvalue weighted by Crippen LogP contribution is 2.70. The van der Waals surface area contributed by atoms with Crippen LogP contribution in [-0.4, -0.2) is 0 Å². The normalized spacial score (nSPS) is 51.9. The fourth-order valence-electron chi connectivity index (χ4n) is 5.33. The summed E-state index contributed by atoms with van der Waals surface area (Å²) in [6.45, 7) is 11.9. The first kappa shape index (κ1) is 9.93. The predicted molar refractivity (Wildman–Crippen MR) is 64.6 cm³/mol. The monoisotopic (exact) mass is 204 g/mol. The minimum absolute atomic E-state index is 0.421. The molecule has 0 saturated heterocycles. The average molecular weight is 204 g/mol. The van der Waals surface area contributed by atoms with Crippen molar-refractivity contribution in [2.75, 3.05) is 0 Å². The van der Waals surface area contributed by atoms with E-state index in [0.717, 1.165) is 23.2 Å². The van der Waals surface area contributed by atoms with Gasteiger partial charge < -0.3 is 0 Å². The van der Waals surface area contributed by atoms with Crippen molar-refractivity contribution in [3.63, 3.8) is 0 Å². The van der Waals surface area contributed by atoms with Crippen LogP contribution in [0, 0.1) is 28.6 Å². The average Bonchev–Trinajstić information content (AvgIpc) is 2.71. The zero-order valence-corrected chi connectivity index (χ0v) is 10.5. The van der Waals surface area contributed by atoms with Gasteiger partial charge >= 0.3 is 0 Å². The number of hydrogen-bond donors (Lipinski definition) is 0. The second kappa shape index (κ2) is 2.70. The van der Waals surface area contributed by atoms with Crippen molar-refractivity contribution in [3.05, 3.63) is 12.2 Å². The van der Waals surface area contributed by atoms with Crippen LogP contribution in [0.1, 0.15) is 52.9 Å². The Morgan fingerprint density at radius 2 is 1.93 bits per heavy atom. The molecule has 0 heteroatoms. The summed E-state index contributed by atoms with van der Waals surface area (Å²) >= 11 is 0. The Labute approximate surface area is 94.1 Å². The van der Waals surface area contributed by atoms with Crippen molar-refractivity contribution in [2.24, 2.45) is 28.6 Å². The number of allylic oxidation sites excluding steroid dienone is 1. The van der Waals surface area contributed by atoms with Gasteiger partial charge in [-0.2, -0.15) is 0 Å². The molecule has 0 N–H and O–H groups in total. The third-order valence-electron chi connectivity index (χ3n) is 6.34. The third-order valence-corrected chi connectivity index (χ3v) is 6.34. The van der Waals surface area contributed by atoms with Gasteiger partial charge in [0.1, 0.15) is 0 Å². The smallest absolute Gasteiger partial charge is 0.0111 e. The first-order valence-electron chi connectivity index (χ1n) is 6.68. The molecule has 3 saturated carbocycles. The molecular weight excluding hydrogens is 180 g/mol. The molecule has 0 heterocycles. The van der Waals surface area contributed by atoms with Crippen LogP contribution in [-0.2, 0) is 0 Å². The highest BCUT2D eigenvalue weighted by Gasteiger charge is 2.61. The van der Waals surface area contributed by atoms with Crippen molar-refractivity contribution in [1.82, 2.24) is 0 Å². The van der Waals surface area contributed by atoms with Crippen LogP contribution >= 0.6 is 0 Å². The molecule has 0 radical (unpaired) electrons. The Hall–Kier alpha value is -0.260. The molecule has 3 aliphatic rings. The molecule has 0 aromatic heterocycles. The van der Waals surface area contributed by atoms with Gasteiger partial charge in [0.2, 0.25) is 0 Å². The van der Waals surface area contributed by atoms with Gasteiger partial charge in [0.15, 0.2) is 0 Å². The number of rotatable bonds is 0. The maximum Gasteiger partial charge on any atom is -0.0111 e. The summed E-state index contributed by atoms with van der Waals surface area (Å²) in [6, 6.07) is 0. The van der Waals surface area contributed by atoms with E-state index in [1.54, 1.807) is 5.57 Å². The van der Waals surface area contributed by atoms with Gasteiger partial charge in [-0.15, -0.1) is 0 Å². The van der Waals surface area contributed by atoms with E-state index < -0.39 is 0 Å². The maximum absolute atomic E-state index is 4.43. The molecule has 1 spiro atoms. The van der Waals surface area contributed by atoms with Crippen molar-refractivity contribution < 1.29 is 0 Å². The highest BCUT2D eigenvalue weighted by atomic mass is 14.7. The molecule has 2 bridgehead atoms. The lowest BCUT2D eigenvalue weighted by Crippen LogP contribution is -2.42. The van der Waals surface area contributed by atoms with Gasteiger partial charge in [0.05, 0.1) is 0 Å². The molecule has 3 aliphatic carbocycles. The van der Waals surface area contributed by atoms with E-state index in [2.05, 4.69) is 27.4 Å². The summed E-state index contributed by atoms with van der Waals surface area (Å²) < 4.78 is 0. The van der Waals surface area contributed by atoms with Crippen LogP contribution in [0.2, 0.25) is 0 Å². The van der Waals surface area contributed by atoms with Crippen molar-refractivity contribution in [3.8, 4) is 0 Å². The van der Waals surface area contributed by atoms with Gasteiger partial charge in [-0.05, 0) is 60.7 Å². The minimum atomic E-state index is 0.421. The number of fused-ring (bicyclic) bond motifs is 1. The maximum atomic E-state index is 4.43. The Morgan fingerprint density at radius 1 is 1.20 bits per heavy atom. The Balaban J connectivity index is 2.09. The quantitative estimate of drug-likeness (QED) is 0.513. The van der Waals surface area contributed by atoms with E-state index in [1.165, 1.54) is 32.1 Å². The summed E-state index contributed by atoms with van der Waals surface area (Å²) in [4.78, 5) is 0. The van der Waals surface area contributed by atoms with E-state index in [9.17, 15) is 0 Å². The highest BCUT2D eigenvalue weighted by molar-refractivity contribution is 5.25. The lowest BCUT2D eigenvalue weighted by atomic mass is 9.54. The Kier molecular flexibility index (Phi) is 1.79. The molecule has 15 heavy (non-hydrogen) atoms. The lowest BCUT2D eigenvalue weighted by Gasteiger charge is -2.50. The van der Waals surface area contributed by atoms with Crippen molar-refractivity contribution in [1.29, 1.82) is 0 Å². The molecule has 0 aromatic carbocycles. The Morgan fingerprint density at radius 3 is 2.67 bits per heavy atom. The van der Waals surface area contributed by atoms with Gasteiger partial charge in [-0.3, -0.25) is 0 Å². The second-order valence-electron chi connectivity index (χ2n) is 6.95. The summed E-state index contributed by atoms with van der Waals surface area (Å²) in [5, 5.41) is 0. The summed E-state index contributed by atoms with van der Waals surface area (Å²) in [6.07, 6.45) is 7.32. The first-order chi connectivity index (χ1) is 6.98. The van der Waals surface area contributed by atoms with Crippen LogP contribution in [0.5, 0.6) is 0 Å². The Bertz CT molecular complexity index is 312. The minimum Gasteiger partial charge on any atom is -0.0990 e. The molecule has 0 aliphatic heterocycles. The molecule has 0 amide bonds. The second-order valence-corrected chi connectivity index (χ2v) is 6.95. The topological polar surface area (TPSA) is 0 Å². The van der Waals surface area contributed by atoms with E-state index >= 15 is 0 Å². The largest absolute Gasteiger partial charge is 0.0990 e. The van der Waals surface area contributed by atoms with Gasteiger partial charge in [0, 0.05) is 0 Å². The molecule has 3 fully saturated rings. The standard InChI is InChI=1S/C15H24/c1-10-5-6-13-14(3,4)11(2)12-7-8-15(10,13)9-12/h10,12-13H,2,5-9H2,1,3-4H3. The van der Waals surface area contributed by atoms with Gasteiger partial charge in [0.25, 0.3) is 0 Å². The van der Waals surface area contributed by atoms with E-state index in [-0.39, 0.29) is 0 Å². The molecule has 0 aromatic rings. The molecule has 3 rings (SSSR count). The molecular formula is C15H24. The zero-order chi connectivity index (χ0) is 10.8. The van der Waals surface area contributed by atoms with Crippen LogP contribution in [0.3, 0.4) is 0 Å². The summed E-state index contributed by atoms with van der Waals surface area (Å²) in [5.74, 6) is 2.77. The van der Waals surface area contributed by atoms with Crippen LogP contribution in [0.4, 0.5) is 0 Å². The molecule has 4 atom stereocenters. The lowest BCUT2D eigenvalue weighted by molar-refractivity contribution is 0.0429. The fraction of sp³-hybridized carbons (Fsp3) is 0.867. The van der Waals surface area contributed by atoms with Gasteiger partial charge in [-0.1, -0.05) is 32.9 Å². The van der Waals surface area contributed by atoms with Crippen molar-refractivity contribution in [2.45, 2.75) is 52.9 Å². The first-order valence-corrected chi connectivity index (χ1v) is 6.68. The fourth-order valence-corrected chi connectivity index (χ4v) is 5.33. The molecule has 4 unspecified atom stereocenters. The predicted octanol–water partition coefficient (Wildman–Crippen LogP) is 4.42. The zero-order valence-electron chi connectivity index (χ0n) is 10.5. The van der Waals surface area contributed by atoms with Crippen LogP contribution < -0.4 is 0 Å². The van der Waals surface area contributed by atoms with Crippen LogP contribution in [0.15, 0.2) is 12.2 Å². The summed E-state index contributed by atoms with van der Waals surface area (Å²) in [5.41, 5.74) is 2.72.